The first-order valence-electron chi connectivity index (χ1n) is 9.99. The molecule has 3 aromatic rings. The number of amides is 2. The summed E-state index contributed by atoms with van der Waals surface area (Å²) < 4.78 is 11.2. The molecule has 0 atom stereocenters. The number of carbonyl (C=O) groups is 2. The molecule has 0 spiro atoms. The zero-order valence-electron chi connectivity index (χ0n) is 17.7. The third-order valence-electron chi connectivity index (χ3n) is 4.27. The highest BCUT2D eigenvalue weighted by Gasteiger charge is 2.15. The monoisotopic (exact) mass is 485 g/mol. The predicted molar refractivity (Wildman–Crippen MR) is 129 cm³/mol. The molecule has 0 bridgehead atoms. The third kappa shape index (κ3) is 7.24. The van der Waals surface area contributed by atoms with Crippen molar-refractivity contribution in [3.63, 3.8) is 0 Å². The molecular formula is C24H21Cl2N3O4. The van der Waals surface area contributed by atoms with Crippen molar-refractivity contribution in [3.8, 4) is 11.5 Å². The van der Waals surface area contributed by atoms with E-state index in [2.05, 4.69) is 15.8 Å². The average Bonchev–Trinajstić information content (AvgIpc) is 2.81. The van der Waals surface area contributed by atoms with Crippen LogP contribution in [0.4, 0.5) is 5.69 Å². The van der Waals surface area contributed by atoms with Gasteiger partial charge < -0.3 is 14.8 Å². The van der Waals surface area contributed by atoms with Crippen LogP contribution in [0, 0.1) is 0 Å². The van der Waals surface area contributed by atoms with Crippen LogP contribution in [-0.2, 0) is 16.2 Å². The topological polar surface area (TPSA) is 89.0 Å². The number of benzene rings is 3. The van der Waals surface area contributed by atoms with E-state index in [0.717, 1.165) is 5.56 Å². The van der Waals surface area contributed by atoms with Gasteiger partial charge in [0.15, 0.2) is 0 Å². The number of hydrogen-bond acceptors (Lipinski definition) is 5. The molecule has 3 rings (SSSR count). The fourth-order valence-electron chi connectivity index (χ4n) is 2.73. The van der Waals surface area contributed by atoms with E-state index in [0.29, 0.717) is 46.0 Å². The second kappa shape index (κ2) is 11.9. The van der Waals surface area contributed by atoms with Crippen molar-refractivity contribution in [3.05, 3.63) is 87.9 Å². The third-order valence-corrected chi connectivity index (χ3v) is 5.01. The highest BCUT2D eigenvalue weighted by molar-refractivity contribution is 6.42. The van der Waals surface area contributed by atoms with Crippen LogP contribution in [0.5, 0.6) is 11.5 Å². The van der Waals surface area contributed by atoms with Crippen molar-refractivity contribution in [1.82, 2.24) is 5.43 Å². The van der Waals surface area contributed by atoms with E-state index in [1.807, 2.05) is 13.0 Å². The number of halogens is 2. The highest BCUT2D eigenvalue weighted by Crippen LogP contribution is 2.24. The molecule has 0 fully saturated rings. The number of hydrazone groups is 1. The Hall–Kier alpha value is -3.55. The molecule has 0 radical (unpaired) electrons. The Morgan fingerprint density at radius 3 is 2.55 bits per heavy atom. The number of nitrogens with zero attached hydrogens (tertiary/aromatic N) is 1. The molecule has 33 heavy (non-hydrogen) atoms. The van der Waals surface area contributed by atoms with E-state index in [1.54, 1.807) is 60.7 Å². The minimum atomic E-state index is -0.912. The lowest BCUT2D eigenvalue weighted by Crippen LogP contribution is -2.32. The lowest BCUT2D eigenvalue weighted by atomic mass is 10.2. The summed E-state index contributed by atoms with van der Waals surface area (Å²) in [5, 5.41) is 7.28. The van der Waals surface area contributed by atoms with Gasteiger partial charge in [-0.15, -0.1) is 0 Å². The first-order valence-corrected chi connectivity index (χ1v) is 10.7. The van der Waals surface area contributed by atoms with Gasteiger partial charge in [-0.25, -0.2) is 5.43 Å². The normalized spacial score (nSPS) is 10.6. The summed E-state index contributed by atoms with van der Waals surface area (Å²) in [5.41, 5.74) is 4.14. The summed E-state index contributed by atoms with van der Waals surface area (Å²) in [6.45, 7) is 2.56. The van der Waals surface area contributed by atoms with Crippen LogP contribution in [-0.4, -0.2) is 24.6 Å². The van der Waals surface area contributed by atoms with Gasteiger partial charge in [0.25, 0.3) is 0 Å². The first-order chi connectivity index (χ1) is 16.0. The molecule has 9 heteroatoms. The summed E-state index contributed by atoms with van der Waals surface area (Å²) in [4.78, 5) is 24.2. The second-order valence-electron chi connectivity index (χ2n) is 6.69. The second-order valence-corrected chi connectivity index (χ2v) is 7.51. The van der Waals surface area contributed by atoms with Gasteiger partial charge in [0.2, 0.25) is 0 Å². The van der Waals surface area contributed by atoms with Gasteiger partial charge in [-0.3, -0.25) is 9.59 Å². The van der Waals surface area contributed by atoms with Gasteiger partial charge >= 0.3 is 11.8 Å². The molecule has 0 heterocycles. The summed E-state index contributed by atoms with van der Waals surface area (Å²) in [7, 11) is 0. The van der Waals surface area contributed by atoms with Crippen LogP contribution in [0.25, 0.3) is 0 Å². The van der Waals surface area contributed by atoms with Gasteiger partial charge in [-0.05, 0) is 54.4 Å². The number of hydrogen-bond donors (Lipinski definition) is 2. The van der Waals surface area contributed by atoms with Gasteiger partial charge in [-0.2, -0.15) is 5.10 Å². The SMILES string of the molecule is CCOc1ccccc1NC(=O)C(=O)N/N=C\c1cccc(OCc2ccc(Cl)c(Cl)c2)c1. The lowest BCUT2D eigenvalue weighted by Gasteiger charge is -2.10. The predicted octanol–water partition coefficient (Wildman–Crippen LogP) is 5.06. The standard InChI is InChI=1S/C24H21Cl2N3O4/c1-2-32-22-9-4-3-8-21(22)28-23(30)24(31)29-27-14-16-6-5-7-18(12-16)33-15-17-10-11-19(25)20(26)13-17/h3-14H,2,15H2,1H3,(H,28,30)(H,29,31)/b27-14-. The zero-order valence-corrected chi connectivity index (χ0v) is 19.2. The Labute approximate surface area is 201 Å². The summed E-state index contributed by atoms with van der Waals surface area (Å²) in [5.74, 6) is -0.702. The van der Waals surface area contributed by atoms with Crippen molar-refractivity contribution in [2.24, 2.45) is 5.10 Å². The summed E-state index contributed by atoms with van der Waals surface area (Å²) >= 11 is 11.9. The van der Waals surface area contributed by atoms with Crippen LogP contribution in [0.1, 0.15) is 18.1 Å². The minimum Gasteiger partial charge on any atom is -0.492 e. The largest absolute Gasteiger partial charge is 0.492 e. The number of rotatable bonds is 8. The molecule has 0 aromatic heterocycles. The van der Waals surface area contributed by atoms with Crippen molar-refractivity contribution in [2.45, 2.75) is 13.5 Å². The summed E-state index contributed by atoms with van der Waals surface area (Å²) in [6, 6.07) is 19.2. The van der Waals surface area contributed by atoms with Crippen LogP contribution in [0.15, 0.2) is 71.8 Å². The van der Waals surface area contributed by atoms with E-state index < -0.39 is 11.8 Å². The minimum absolute atomic E-state index is 0.303. The number of carbonyl (C=O) groups excluding carboxylic acids is 2. The molecule has 0 unspecified atom stereocenters. The van der Waals surface area contributed by atoms with Crippen LogP contribution < -0.4 is 20.2 Å². The molecule has 2 amide bonds. The van der Waals surface area contributed by atoms with E-state index in [1.165, 1.54) is 6.21 Å². The number of ether oxygens (including phenoxy) is 2. The molecule has 7 nitrogen and oxygen atoms in total. The molecule has 2 N–H and O–H groups in total. The van der Waals surface area contributed by atoms with Crippen molar-refractivity contribution in [1.29, 1.82) is 0 Å². The quantitative estimate of drug-likeness (QED) is 0.265. The molecule has 0 saturated carbocycles. The Morgan fingerprint density at radius 1 is 0.939 bits per heavy atom. The van der Waals surface area contributed by atoms with Gasteiger partial charge in [-0.1, -0.05) is 53.5 Å². The van der Waals surface area contributed by atoms with E-state index in [-0.39, 0.29) is 0 Å². The van der Waals surface area contributed by atoms with Gasteiger partial charge in [0.05, 0.1) is 28.6 Å². The molecular weight excluding hydrogens is 465 g/mol. The Balaban J connectivity index is 1.54. The molecule has 0 aliphatic heterocycles. The van der Waals surface area contributed by atoms with Gasteiger partial charge in [0, 0.05) is 0 Å². The van der Waals surface area contributed by atoms with Crippen LogP contribution >= 0.6 is 23.2 Å². The summed E-state index contributed by atoms with van der Waals surface area (Å²) in [6.07, 6.45) is 1.41. The average molecular weight is 486 g/mol. The fraction of sp³-hybridized carbons (Fsp3) is 0.125. The molecule has 0 aliphatic rings. The Morgan fingerprint density at radius 2 is 1.76 bits per heavy atom. The molecule has 0 aliphatic carbocycles. The van der Waals surface area contributed by atoms with Crippen molar-refractivity contribution in [2.75, 3.05) is 11.9 Å². The highest BCUT2D eigenvalue weighted by atomic mass is 35.5. The maximum Gasteiger partial charge on any atom is 0.329 e. The number of para-hydroxylation sites is 2. The Bertz CT molecular complexity index is 1170. The van der Waals surface area contributed by atoms with E-state index in [4.69, 9.17) is 32.7 Å². The number of anilines is 1. The molecule has 3 aromatic carbocycles. The maximum absolute atomic E-state index is 12.1. The lowest BCUT2D eigenvalue weighted by molar-refractivity contribution is -0.136. The smallest absolute Gasteiger partial charge is 0.329 e. The fourth-order valence-corrected chi connectivity index (χ4v) is 3.05. The number of nitrogens with one attached hydrogen (secondary N) is 2. The van der Waals surface area contributed by atoms with Crippen molar-refractivity contribution < 1.29 is 19.1 Å². The van der Waals surface area contributed by atoms with Gasteiger partial charge in [0.1, 0.15) is 18.1 Å². The Kier molecular flexibility index (Phi) is 8.69. The van der Waals surface area contributed by atoms with Crippen molar-refractivity contribution >= 4 is 46.9 Å². The zero-order chi connectivity index (χ0) is 23.6. The van der Waals surface area contributed by atoms with Crippen LogP contribution in [0.3, 0.4) is 0 Å². The van der Waals surface area contributed by atoms with Crippen LogP contribution in [0.2, 0.25) is 10.0 Å². The molecule has 170 valence electrons. The molecule has 0 saturated heterocycles. The van der Waals surface area contributed by atoms with E-state index in [9.17, 15) is 9.59 Å². The maximum atomic E-state index is 12.1. The first kappa shape index (κ1) is 24.1. The van der Waals surface area contributed by atoms with E-state index >= 15 is 0 Å².